The average molecular weight is 294 g/mol. The summed E-state index contributed by atoms with van der Waals surface area (Å²) in [6.07, 6.45) is 1.06. The van der Waals surface area contributed by atoms with E-state index in [-0.39, 0.29) is 28.5 Å². The first-order valence-electron chi connectivity index (χ1n) is 5.17. The second-order valence-electron chi connectivity index (χ2n) is 3.38. The number of rotatable bonds is 7. The maximum Gasteiger partial charge on any atom is 0.269 e. The van der Waals surface area contributed by atoms with Crippen molar-refractivity contribution in [2.24, 2.45) is 0 Å². The van der Waals surface area contributed by atoms with E-state index in [4.69, 9.17) is 5.11 Å². The van der Waals surface area contributed by atoms with Gasteiger partial charge in [0, 0.05) is 20.1 Å². The van der Waals surface area contributed by atoms with Crippen molar-refractivity contribution in [3.8, 4) is 0 Å². The lowest BCUT2D eigenvalue weighted by Crippen LogP contribution is -2.24. The zero-order chi connectivity index (χ0) is 13.6. The molecule has 18 heavy (non-hydrogen) atoms. The van der Waals surface area contributed by atoms with Crippen molar-refractivity contribution < 1.29 is 18.3 Å². The first-order chi connectivity index (χ1) is 8.45. The van der Waals surface area contributed by atoms with Gasteiger partial charge in [-0.1, -0.05) is 11.3 Å². The number of unbranched alkanes of at least 4 members (excludes halogenated alkanes) is 1. The summed E-state index contributed by atoms with van der Waals surface area (Å²) >= 11 is 0.778. The van der Waals surface area contributed by atoms with E-state index in [1.165, 1.54) is 6.92 Å². The minimum atomic E-state index is -3.69. The quantitative estimate of drug-likeness (QED) is 0.462. The Hall–Kier alpha value is -1.10. The Balaban J connectivity index is 2.61. The van der Waals surface area contributed by atoms with Crippen molar-refractivity contribution in [2.45, 2.75) is 24.1 Å². The lowest BCUT2D eigenvalue weighted by Gasteiger charge is -2.01. The summed E-state index contributed by atoms with van der Waals surface area (Å²) < 4.78 is 25.6. The Labute approximate surface area is 108 Å². The molecular weight excluding hydrogens is 280 g/mol. The zero-order valence-corrected chi connectivity index (χ0v) is 11.3. The highest BCUT2D eigenvalue weighted by atomic mass is 32.2. The summed E-state index contributed by atoms with van der Waals surface area (Å²) in [5, 5.41) is 18.1. The minimum Gasteiger partial charge on any atom is -0.396 e. The van der Waals surface area contributed by atoms with Gasteiger partial charge in [-0.2, -0.15) is 0 Å². The van der Waals surface area contributed by atoms with Crippen LogP contribution in [0.5, 0.6) is 0 Å². The van der Waals surface area contributed by atoms with Crippen LogP contribution in [0.1, 0.15) is 19.8 Å². The summed E-state index contributed by atoms with van der Waals surface area (Å²) in [5.41, 5.74) is 0. The molecule has 102 valence electrons. The Morgan fingerprint density at radius 2 is 2.11 bits per heavy atom. The molecule has 8 nitrogen and oxygen atoms in total. The van der Waals surface area contributed by atoms with Crippen molar-refractivity contribution >= 4 is 32.4 Å². The molecule has 0 aliphatic rings. The molecule has 1 rings (SSSR count). The number of amides is 1. The van der Waals surface area contributed by atoms with E-state index in [1.807, 2.05) is 0 Å². The third kappa shape index (κ3) is 4.64. The average Bonchev–Trinajstić information content (AvgIpc) is 2.73. The Morgan fingerprint density at radius 1 is 1.39 bits per heavy atom. The van der Waals surface area contributed by atoms with Gasteiger partial charge in [0.25, 0.3) is 10.0 Å². The van der Waals surface area contributed by atoms with Crippen LogP contribution in [0.3, 0.4) is 0 Å². The van der Waals surface area contributed by atoms with Gasteiger partial charge in [0.05, 0.1) is 0 Å². The number of sulfonamides is 1. The molecule has 1 amide bonds. The second kappa shape index (κ2) is 6.73. The number of carbonyl (C=O) groups excluding carboxylic acids is 1. The van der Waals surface area contributed by atoms with Gasteiger partial charge >= 0.3 is 0 Å². The number of aliphatic hydroxyl groups is 1. The number of aliphatic hydroxyl groups excluding tert-OH is 1. The standard InChI is InChI=1S/C8H14N4O4S2/c1-6(14)10-7-11-12-8(17-7)18(15,16)9-4-2-3-5-13/h9,13H,2-5H2,1H3,(H,10,11,14). The van der Waals surface area contributed by atoms with Gasteiger partial charge in [-0.3, -0.25) is 4.79 Å². The van der Waals surface area contributed by atoms with Gasteiger partial charge in [-0.15, -0.1) is 10.2 Å². The van der Waals surface area contributed by atoms with Gasteiger partial charge in [0.2, 0.25) is 15.4 Å². The molecule has 1 heterocycles. The van der Waals surface area contributed by atoms with Crippen LogP contribution in [-0.2, 0) is 14.8 Å². The van der Waals surface area contributed by atoms with E-state index in [1.54, 1.807) is 0 Å². The van der Waals surface area contributed by atoms with Gasteiger partial charge in [-0.05, 0) is 12.8 Å². The van der Waals surface area contributed by atoms with E-state index in [0.717, 1.165) is 11.3 Å². The molecule has 0 radical (unpaired) electrons. The lowest BCUT2D eigenvalue weighted by molar-refractivity contribution is -0.114. The number of nitrogens with one attached hydrogen (secondary N) is 2. The summed E-state index contributed by atoms with van der Waals surface area (Å²) in [4.78, 5) is 10.8. The number of anilines is 1. The van der Waals surface area contributed by atoms with Gasteiger partial charge in [-0.25, -0.2) is 13.1 Å². The predicted octanol–water partition coefficient (Wildman–Crippen LogP) is -0.453. The lowest BCUT2D eigenvalue weighted by atomic mass is 10.3. The number of carbonyl (C=O) groups is 1. The SMILES string of the molecule is CC(=O)Nc1nnc(S(=O)(=O)NCCCCO)s1. The van der Waals surface area contributed by atoms with E-state index >= 15 is 0 Å². The monoisotopic (exact) mass is 294 g/mol. The van der Waals surface area contributed by atoms with Gasteiger partial charge < -0.3 is 10.4 Å². The van der Waals surface area contributed by atoms with Crippen LogP contribution in [0, 0.1) is 0 Å². The molecule has 0 saturated heterocycles. The topological polar surface area (TPSA) is 121 Å². The summed E-state index contributed by atoms with van der Waals surface area (Å²) in [7, 11) is -3.69. The number of hydrogen-bond acceptors (Lipinski definition) is 7. The fourth-order valence-electron chi connectivity index (χ4n) is 1.02. The van der Waals surface area contributed by atoms with Gasteiger partial charge in [0.15, 0.2) is 0 Å². The van der Waals surface area contributed by atoms with Crippen LogP contribution in [0.25, 0.3) is 0 Å². The minimum absolute atomic E-state index is 0.0210. The van der Waals surface area contributed by atoms with Crippen molar-refractivity contribution in [1.82, 2.24) is 14.9 Å². The van der Waals surface area contributed by atoms with Crippen LogP contribution < -0.4 is 10.0 Å². The van der Waals surface area contributed by atoms with E-state index in [9.17, 15) is 13.2 Å². The zero-order valence-electron chi connectivity index (χ0n) is 9.71. The van der Waals surface area contributed by atoms with Crippen LogP contribution >= 0.6 is 11.3 Å². The molecule has 0 aliphatic carbocycles. The fraction of sp³-hybridized carbons (Fsp3) is 0.625. The van der Waals surface area contributed by atoms with Crippen LogP contribution in [-0.4, -0.2) is 42.8 Å². The van der Waals surface area contributed by atoms with Crippen molar-refractivity contribution in [3.63, 3.8) is 0 Å². The van der Waals surface area contributed by atoms with Crippen molar-refractivity contribution in [2.75, 3.05) is 18.5 Å². The molecule has 0 spiro atoms. The van der Waals surface area contributed by atoms with Crippen LogP contribution in [0.2, 0.25) is 0 Å². The molecule has 0 atom stereocenters. The summed E-state index contributed by atoms with van der Waals surface area (Å²) in [6, 6.07) is 0. The second-order valence-corrected chi connectivity index (χ2v) is 6.30. The molecule has 0 bridgehead atoms. The Morgan fingerprint density at radius 3 is 2.72 bits per heavy atom. The van der Waals surface area contributed by atoms with Crippen molar-refractivity contribution in [3.05, 3.63) is 0 Å². The first-order valence-corrected chi connectivity index (χ1v) is 7.47. The molecule has 0 aliphatic heterocycles. The molecule has 10 heteroatoms. The van der Waals surface area contributed by atoms with Gasteiger partial charge in [0.1, 0.15) is 0 Å². The van der Waals surface area contributed by atoms with E-state index in [0.29, 0.717) is 12.8 Å². The van der Waals surface area contributed by atoms with E-state index in [2.05, 4.69) is 20.2 Å². The third-order valence-electron chi connectivity index (χ3n) is 1.80. The molecule has 0 unspecified atom stereocenters. The third-order valence-corrected chi connectivity index (χ3v) is 4.46. The number of hydrogen-bond donors (Lipinski definition) is 3. The normalized spacial score (nSPS) is 11.4. The Kier molecular flexibility index (Phi) is 5.59. The number of nitrogens with zero attached hydrogens (tertiary/aromatic N) is 2. The molecule has 0 saturated carbocycles. The maximum absolute atomic E-state index is 11.7. The molecule has 3 N–H and O–H groups in total. The van der Waals surface area contributed by atoms with E-state index < -0.39 is 10.0 Å². The molecular formula is C8H14N4O4S2. The fourth-order valence-corrected chi connectivity index (χ4v) is 3.09. The molecule has 1 aromatic heterocycles. The summed E-state index contributed by atoms with van der Waals surface area (Å²) in [5.74, 6) is -0.342. The van der Waals surface area contributed by atoms with Crippen molar-refractivity contribution in [1.29, 1.82) is 0 Å². The first kappa shape index (κ1) is 15.0. The predicted molar refractivity (Wildman–Crippen MR) is 65.7 cm³/mol. The highest BCUT2D eigenvalue weighted by Crippen LogP contribution is 2.19. The Bertz CT molecular complexity index is 499. The molecule has 1 aromatic rings. The molecule has 0 fully saturated rings. The van der Waals surface area contributed by atoms with Crippen LogP contribution in [0.4, 0.5) is 5.13 Å². The summed E-state index contributed by atoms with van der Waals surface area (Å²) in [6.45, 7) is 1.54. The highest BCUT2D eigenvalue weighted by Gasteiger charge is 2.19. The van der Waals surface area contributed by atoms with Crippen LogP contribution in [0.15, 0.2) is 4.34 Å². The smallest absolute Gasteiger partial charge is 0.269 e. The largest absolute Gasteiger partial charge is 0.396 e. The number of aromatic nitrogens is 2. The maximum atomic E-state index is 11.7. The molecule has 0 aromatic carbocycles. The highest BCUT2D eigenvalue weighted by molar-refractivity contribution is 7.91.